The second-order valence-electron chi connectivity index (χ2n) is 2.63. The third-order valence-electron chi connectivity index (χ3n) is 1.32. The van der Waals surface area contributed by atoms with Crippen LogP contribution in [0.25, 0.3) is 0 Å². The van der Waals surface area contributed by atoms with Gasteiger partial charge in [-0.05, 0) is 34.9 Å². The van der Waals surface area contributed by atoms with Crippen molar-refractivity contribution in [3.05, 3.63) is 0 Å². The van der Waals surface area contributed by atoms with E-state index in [0.29, 0.717) is 6.04 Å². The summed E-state index contributed by atoms with van der Waals surface area (Å²) in [6, 6.07) is 0.685. The lowest BCUT2D eigenvalue weighted by Crippen LogP contribution is -2.20. The summed E-state index contributed by atoms with van der Waals surface area (Å²) >= 11 is 0. The standard InChI is InChI=1S/C5H13N.C3H8O/c1-5(2)6(3)4;1-3-4-2/h5H,1-4H3;3H2,1-2H3. The van der Waals surface area contributed by atoms with Gasteiger partial charge < -0.3 is 9.64 Å². The Hall–Kier alpha value is -0.0800. The highest BCUT2D eigenvalue weighted by molar-refractivity contribution is 4.46. The fraction of sp³-hybridized carbons (Fsp3) is 1.00. The van der Waals surface area contributed by atoms with Crippen LogP contribution in [0.3, 0.4) is 0 Å². The zero-order valence-corrected chi connectivity index (χ0v) is 8.14. The van der Waals surface area contributed by atoms with E-state index >= 15 is 0 Å². The van der Waals surface area contributed by atoms with E-state index in [1.165, 1.54) is 0 Å². The van der Waals surface area contributed by atoms with Gasteiger partial charge in [0.2, 0.25) is 0 Å². The molecule has 0 spiro atoms. The van der Waals surface area contributed by atoms with Crippen molar-refractivity contribution in [1.29, 1.82) is 0 Å². The molecule has 0 amide bonds. The third-order valence-corrected chi connectivity index (χ3v) is 1.32. The van der Waals surface area contributed by atoms with Crippen molar-refractivity contribution in [2.75, 3.05) is 27.8 Å². The van der Waals surface area contributed by atoms with Gasteiger partial charge in [-0.1, -0.05) is 0 Å². The molecule has 0 aromatic heterocycles. The average Bonchev–Trinajstić information content (AvgIpc) is 1.89. The van der Waals surface area contributed by atoms with Gasteiger partial charge in [0.15, 0.2) is 0 Å². The zero-order chi connectivity index (χ0) is 8.57. The van der Waals surface area contributed by atoms with Gasteiger partial charge in [0.25, 0.3) is 0 Å². The smallest absolute Gasteiger partial charge is 0.0433 e. The summed E-state index contributed by atoms with van der Waals surface area (Å²) in [6.07, 6.45) is 0. The summed E-state index contributed by atoms with van der Waals surface area (Å²) in [4.78, 5) is 2.17. The van der Waals surface area contributed by atoms with Gasteiger partial charge in [0, 0.05) is 19.8 Å². The molecule has 2 nitrogen and oxygen atoms in total. The fourth-order valence-electron chi connectivity index (χ4n) is 0. The van der Waals surface area contributed by atoms with Crippen LogP contribution in [-0.4, -0.2) is 38.8 Å². The first-order valence-electron chi connectivity index (χ1n) is 3.71. The summed E-state index contributed by atoms with van der Waals surface area (Å²) < 4.78 is 4.54. The Kier molecular flexibility index (Phi) is 11.2. The Balaban J connectivity index is 0. The van der Waals surface area contributed by atoms with E-state index in [4.69, 9.17) is 0 Å². The second kappa shape index (κ2) is 8.92. The first-order valence-corrected chi connectivity index (χ1v) is 3.71. The molecule has 0 aromatic carbocycles. The molecule has 0 aliphatic carbocycles. The van der Waals surface area contributed by atoms with Crippen molar-refractivity contribution < 1.29 is 4.74 Å². The predicted molar refractivity (Wildman–Crippen MR) is 46.4 cm³/mol. The lowest BCUT2D eigenvalue weighted by Gasteiger charge is -2.12. The van der Waals surface area contributed by atoms with Crippen LogP contribution in [0.15, 0.2) is 0 Å². The van der Waals surface area contributed by atoms with Crippen molar-refractivity contribution in [2.24, 2.45) is 0 Å². The molecule has 0 fully saturated rings. The molecule has 0 N–H and O–H groups in total. The van der Waals surface area contributed by atoms with E-state index in [9.17, 15) is 0 Å². The molecular formula is C8H21NO. The molecule has 0 bridgehead atoms. The maximum Gasteiger partial charge on any atom is 0.0433 e. The molecule has 0 radical (unpaired) electrons. The molecule has 0 aromatic rings. The minimum Gasteiger partial charge on any atom is -0.385 e. The maximum absolute atomic E-state index is 4.54. The fourth-order valence-corrected chi connectivity index (χ4v) is 0. The highest BCUT2D eigenvalue weighted by Crippen LogP contribution is 1.84. The first-order chi connectivity index (χ1) is 4.56. The normalized spacial score (nSPS) is 9.60. The van der Waals surface area contributed by atoms with Gasteiger partial charge in [-0.3, -0.25) is 0 Å². The number of hydrogen-bond donors (Lipinski definition) is 0. The molecule has 0 rings (SSSR count). The number of rotatable bonds is 2. The molecule has 2 heteroatoms. The highest BCUT2D eigenvalue weighted by atomic mass is 16.5. The monoisotopic (exact) mass is 147 g/mol. The lowest BCUT2D eigenvalue weighted by atomic mass is 10.4. The van der Waals surface area contributed by atoms with Gasteiger partial charge in [0.1, 0.15) is 0 Å². The lowest BCUT2D eigenvalue weighted by molar-refractivity contribution is 0.215. The van der Waals surface area contributed by atoms with E-state index in [2.05, 4.69) is 37.6 Å². The van der Waals surface area contributed by atoms with Crippen LogP contribution >= 0.6 is 0 Å². The molecule has 0 heterocycles. The second-order valence-corrected chi connectivity index (χ2v) is 2.63. The van der Waals surface area contributed by atoms with Gasteiger partial charge >= 0.3 is 0 Å². The quantitative estimate of drug-likeness (QED) is 0.588. The summed E-state index contributed by atoms with van der Waals surface area (Å²) in [5.74, 6) is 0. The Bertz CT molecular complexity index is 45.2. The number of methoxy groups -OCH3 is 1. The SMILES string of the molecule is CC(C)N(C)C.CCOC. The van der Waals surface area contributed by atoms with Crippen LogP contribution in [0.5, 0.6) is 0 Å². The van der Waals surface area contributed by atoms with E-state index < -0.39 is 0 Å². The average molecular weight is 147 g/mol. The first kappa shape index (κ1) is 12.6. The molecular weight excluding hydrogens is 126 g/mol. The van der Waals surface area contributed by atoms with Gasteiger partial charge in [-0.25, -0.2) is 0 Å². The van der Waals surface area contributed by atoms with Crippen molar-refractivity contribution in [1.82, 2.24) is 4.90 Å². The number of hydrogen-bond acceptors (Lipinski definition) is 2. The molecule has 0 unspecified atom stereocenters. The Morgan fingerprint density at radius 3 is 1.50 bits per heavy atom. The van der Waals surface area contributed by atoms with Crippen LogP contribution in [0.1, 0.15) is 20.8 Å². The summed E-state index contributed by atoms with van der Waals surface area (Å²) in [7, 11) is 5.83. The van der Waals surface area contributed by atoms with E-state index in [0.717, 1.165) is 6.61 Å². The molecule has 64 valence electrons. The van der Waals surface area contributed by atoms with Crippen LogP contribution in [0.4, 0.5) is 0 Å². The van der Waals surface area contributed by atoms with Crippen LogP contribution in [0, 0.1) is 0 Å². The van der Waals surface area contributed by atoms with Crippen molar-refractivity contribution in [2.45, 2.75) is 26.8 Å². The van der Waals surface area contributed by atoms with Crippen molar-refractivity contribution in [3.63, 3.8) is 0 Å². The van der Waals surface area contributed by atoms with E-state index in [1.807, 2.05) is 6.92 Å². The predicted octanol–water partition coefficient (Wildman–Crippen LogP) is 1.61. The minimum absolute atomic E-state index is 0.685. The Labute approximate surface area is 65.2 Å². The van der Waals surface area contributed by atoms with Crippen molar-refractivity contribution in [3.8, 4) is 0 Å². The maximum atomic E-state index is 4.54. The minimum atomic E-state index is 0.685. The number of ether oxygens (including phenoxy) is 1. The zero-order valence-electron chi connectivity index (χ0n) is 8.14. The van der Waals surface area contributed by atoms with Crippen molar-refractivity contribution >= 4 is 0 Å². The van der Waals surface area contributed by atoms with E-state index in [1.54, 1.807) is 7.11 Å². The molecule has 0 aliphatic heterocycles. The Morgan fingerprint density at radius 2 is 1.50 bits per heavy atom. The van der Waals surface area contributed by atoms with Crippen LogP contribution in [-0.2, 0) is 4.74 Å². The van der Waals surface area contributed by atoms with E-state index in [-0.39, 0.29) is 0 Å². The summed E-state index contributed by atoms with van der Waals surface area (Å²) in [5.41, 5.74) is 0. The summed E-state index contributed by atoms with van der Waals surface area (Å²) in [5, 5.41) is 0. The molecule has 0 aliphatic rings. The molecule has 0 saturated heterocycles. The van der Waals surface area contributed by atoms with Crippen LogP contribution < -0.4 is 0 Å². The van der Waals surface area contributed by atoms with Crippen LogP contribution in [0.2, 0.25) is 0 Å². The molecule has 10 heavy (non-hydrogen) atoms. The summed E-state index contributed by atoms with van der Waals surface area (Å²) in [6.45, 7) is 7.11. The number of nitrogens with zero attached hydrogens (tertiary/aromatic N) is 1. The largest absolute Gasteiger partial charge is 0.385 e. The highest BCUT2D eigenvalue weighted by Gasteiger charge is 1.90. The molecule has 0 saturated carbocycles. The van der Waals surface area contributed by atoms with Gasteiger partial charge in [0.05, 0.1) is 0 Å². The molecule has 0 atom stereocenters. The Morgan fingerprint density at radius 1 is 1.30 bits per heavy atom. The third kappa shape index (κ3) is 15.7. The van der Waals surface area contributed by atoms with Gasteiger partial charge in [-0.2, -0.15) is 0 Å². The topological polar surface area (TPSA) is 12.5 Å². The van der Waals surface area contributed by atoms with Gasteiger partial charge in [-0.15, -0.1) is 0 Å².